The fraction of sp³-hybridized carbons (Fsp3) is 0.308. The summed E-state index contributed by atoms with van der Waals surface area (Å²) < 4.78 is 0. The molecule has 2 nitrogen and oxygen atoms in total. The van der Waals surface area contributed by atoms with E-state index in [-0.39, 0.29) is 5.41 Å². The number of allylic oxidation sites excluding steroid dienone is 1. The number of nitrogens with zero attached hydrogens (tertiary/aromatic N) is 1. The van der Waals surface area contributed by atoms with Gasteiger partial charge < -0.3 is 5.73 Å². The lowest BCUT2D eigenvalue weighted by atomic mass is 9.79. The van der Waals surface area contributed by atoms with Crippen LogP contribution < -0.4 is 5.73 Å². The van der Waals surface area contributed by atoms with Gasteiger partial charge in [-0.2, -0.15) is 5.26 Å². The summed E-state index contributed by atoms with van der Waals surface area (Å²) in [7, 11) is 0. The Morgan fingerprint density at radius 1 is 1.47 bits per heavy atom. The molecule has 0 amide bonds. The van der Waals surface area contributed by atoms with E-state index in [0.717, 1.165) is 12.0 Å². The minimum atomic E-state index is -0.0737. The molecule has 1 unspecified atom stereocenters. The third kappa shape index (κ3) is 2.45. The second kappa shape index (κ2) is 4.77. The van der Waals surface area contributed by atoms with Crippen LogP contribution in [0.2, 0.25) is 0 Å². The highest BCUT2D eigenvalue weighted by atomic mass is 14.6. The molecule has 15 heavy (non-hydrogen) atoms. The predicted molar refractivity (Wildman–Crippen MR) is 62.4 cm³/mol. The first-order valence-electron chi connectivity index (χ1n) is 4.98. The molecule has 0 radical (unpaired) electrons. The van der Waals surface area contributed by atoms with Crippen molar-refractivity contribution in [3.63, 3.8) is 0 Å². The monoisotopic (exact) mass is 200 g/mol. The smallest absolute Gasteiger partial charge is 0.0991 e. The number of nitrogens with two attached hydrogens (primary N) is 1. The van der Waals surface area contributed by atoms with Gasteiger partial charge >= 0.3 is 0 Å². The fourth-order valence-electron chi connectivity index (χ4n) is 1.58. The normalized spacial score (nSPS) is 13.9. The predicted octanol–water partition coefficient (Wildman–Crippen LogP) is 2.35. The van der Waals surface area contributed by atoms with Crippen LogP contribution in [0.1, 0.15) is 24.5 Å². The van der Waals surface area contributed by atoms with Gasteiger partial charge in [0, 0.05) is 12.0 Å². The largest absolute Gasteiger partial charge is 0.330 e. The lowest BCUT2D eigenvalue weighted by Crippen LogP contribution is -2.31. The Labute approximate surface area is 91.0 Å². The maximum absolute atomic E-state index is 8.70. The third-order valence-electron chi connectivity index (χ3n) is 2.76. The van der Waals surface area contributed by atoms with Crippen LogP contribution in [0, 0.1) is 11.3 Å². The quantitative estimate of drug-likeness (QED) is 0.758. The summed E-state index contributed by atoms with van der Waals surface area (Å²) in [4.78, 5) is 0. The van der Waals surface area contributed by atoms with E-state index in [9.17, 15) is 0 Å². The lowest BCUT2D eigenvalue weighted by molar-refractivity contribution is 0.491. The standard InChI is InChI=1S/C13H16N2/c1-3-8-13(2,10-15)12-6-4-11(9-14)5-7-12/h3-7H,1,8,10,15H2,2H3. The zero-order valence-corrected chi connectivity index (χ0v) is 9.03. The third-order valence-corrected chi connectivity index (χ3v) is 2.76. The topological polar surface area (TPSA) is 49.8 Å². The summed E-state index contributed by atoms with van der Waals surface area (Å²) >= 11 is 0. The molecule has 0 aliphatic rings. The Hall–Kier alpha value is -1.59. The zero-order chi connectivity index (χ0) is 11.3. The van der Waals surface area contributed by atoms with Gasteiger partial charge in [-0.05, 0) is 24.1 Å². The van der Waals surface area contributed by atoms with Crippen molar-refractivity contribution in [2.75, 3.05) is 6.54 Å². The Morgan fingerprint density at radius 3 is 2.47 bits per heavy atom. The molecule has 1 atom stereocenters. The molecular weight excluding hydrogens is 184 g/mol. The van der Waals surface area contributed by atoms with Gasteiger partial charge in [-0.15, -0.1) is 6.58 Å². The molecular formula is C13H16N2. The Kier molecular flexibility index (Phi) is 3.65. The SMILES string of the molecule is C=CCC(C)(CN)c1ccc(C#N)cc1. The van der Waals surface area contributed by atoms with E-state index in [0.29, 0.717) is 12.1 Å². The van der Waals surface area contributed by atoms with Gasteiger partial charge in [0.15, 0.2) is 0 Å². The van der Waals surface area contributed by atoms with Crippen molar-refractivity contribution in [2.45, 2.75) is 18.8 Å². The van der Waals surface area contributed by atoms with Gasteiger partial charge in [-0.1, -0.05) is 25.1 Å². The average Bonchev–Trinajstić information content (AvgIpc) is 2.29. The molecule has 1 rings (SSSR count). The minimum Gasteiger partial charge on any atom is -0.330 e. The van der Waals surface area contributed by atoms with E-state index >= 15 is 0 Å². The molecule has 2 heteroatoms. The van der Waals surface area contributed by atoms with Crippen LogP contribution in [0.3, 0.4) is 0 Å². The Morgan fingerprint density at radius 2 is 2.07 bits per heavy atom. The first-order valence-corrected chi connectivity index (χ1v) is 4.98. The van der Waals surface area contributed by atoms with Crippen molar-refractivity contribution >= 4 is 0 Å². The van der Waals surface area contributed by atoms with Crippen LogP contribution in [-0.4, -0.2) is 6.54 Å². The molecule has 0 bridgehead atoms. The van der Waals surface area contributed by atoms with Gasteiger partial charge in [0.1, 0.15) is 0 Å². The molecule has 0 saturated carbocycles. The second-order valence-corrected chi connectivity index (χ2v) is 3.95. The summed E-state index contributed by atoms with van der Waals surface area (Å²) in [5.74, 6) is 0. The van der Waals surface area contributed by atoms with Gasteiger partial charge in [0.25, 0.3) is 0 Å². The molecule has 0 saturated heterocycles. The minimum absolute atomic E-state index is 0.0737. The molecule has 0 spiro atoms. The van der Waals surface area contributed by atoms with Crippen molar-refractivity contribution in [2.24, 2.45) is 5.73 Å². The summed E-state index contributed by atoms with van der Waals surface area (Å²) in [6, 6.07) is 9.69. The van der Waals surface area contributed by atoms with E-state index in [1.165, 1.54) is 0 Å². The van der Waals surface area contributed by atoms with Crippen LogP contribution in [0.25, 0.3) is 0 Å². The highest BCUT2D eigenvalue weighted by Crippen LogP contribution is 2.26. The zero-order valence-electron chi connectivity index (χ0n) is 9.03. The number of benzene rings is 1. The number of hydrogen-bond donors (Lipinski definition) is 1. The number of nitriles is 1. The first-order chi connectivity index (χ1) is 7.16. The van der Waals surface area contributed by atoms with Crippen LogP contribution in [0.4, 0.5) is 0 Å². The molecule has 0 heterocycles. The maximum atomic E-state index is 8.70. The van der Waals surface area contributed by atoms with E-state index in [1.54, 1.807) is 0 Å². The van der Waals surface area contributed by atoms with Crippen LogP contribution in [0.5, 0.6) is 0 Å². The van der Waals surface area contributed by atoms with Gasteiger partial charge in [-0.25, -0.2) is 0 Å². The highest BCUT2D eigenvalue weighted by Gasteiger charge is 2.22. The van der Waals surface area contributed by atoms with E-state index in [1.807, 2.05) is 30.3 Å². The van der Waals surface area contributed by atoms with Crippen LogP contribution >= 0.6 is 0 Å². The van der Waals surface area contributed by atoms with Crippen molar-refractivity contribution in [3.8, 4) is 6.07 Å². The average molecular weight is 200 g/mol. The molecule has 78 valence electrons. The summed E-state index contributed by atoms with van der Waals surface area (Å²) in [5, 5.41) is 8.70. The van der Waals surface area contributed by atoms with E-state index < -0.39 is 0 Å². The highest BCUT2D eigenvalue weighted by molar-refractivity contribution is 5.35. The Balaban J connectivity index is 3.03. The molecule has 0 fully saturated rings. The summed E-state index contributed by atoms with van der Waals surface area (Å²) in [5.41, 5.74) is 7.54. The molecule has 2 N–H and O–H groups in total. The molecule has 0 aromatic heterocycles. The first kappa shape index (κ1) is 11.5. The van der Waals surface area contributed by atoms with Crippen LogP contribution in [0.15, 0.2) is 36.9 Å². The fourth-order valence-corrected chi connectivity index (χ4v) is 1.58. The summed E-state index contributed by atoms with van der Waals surface area (Å²) in [6.07, 6.45) is 2.72. The van der Waals surface area contributed by atoms with Crippen molar-refractivity contribution in [1.29, 1.82) is 5.26 Å². The van der Waals surface area contributed by atoms with Gasteiger partial charge in [0.2, 0.25) is 0 Å². The maximum Gasteiger partial charge on any atom is 0.0991 e. The molecule has 0 aliphatic carbocycles. The van der Waals surface area contributed by atoms with Crippen molar-refractivity contribution < 1.29 is 0 Å². The van der Waals surface area contributed by atoms with Crippen molar-refractivity contribution in [3.05, 3.63) is 48.0 Å². The number of rotatable bonds is 4. The van der Waals surface area contributed by atoms with E-state index in [4.69, 9.17) is 11.0 Å². The molecule has 1 aromatic rings. The molecule has 1 aromatic carbocycles. The van der Waals surface area contributed by atoms with Gasteiger partial charge in [-0.3, -0.25) is 0 Å². The molecule has 0 aliphatic heterocycles. The van der Waals surface area contributed by atoms with E-state index in [2.05, 4.69) is 19.6 Å². The van der Waals surface area contributed by atoms with Crippen molar-refractivity contribution in [1.82, 2.24) is 0 Å². The summed E-state index contributed by atoms with van der Waals surface area (Å²) in [6.45, 7) is 6.43. The second-order valence-electron chi connectivity index (χ2n) is 3.95. The Bertz CT molecular complexity index is 373. The van der Waals surface area contributed by atoms with Crippen LogP contribution in [-0.2, 0) is 5.41 Å². The van der Waals surface area contributed by atoms with Gasteiger partial charge in [0.05, 0.1) is 11.6 Å². The number of hydrogen-bond acceptors (Lipinski definition) is 2. The lowest BCUT2D eigenvalue weighted by Gasteiger charge is -2.27.